The van der Waals surface area contributed by atoms with Gasteiger partial charge < -0.3 is 5.73 Å². The average molecular weight is 215 g/mol. The Bertz CT molecular complexity index is 202. The summed E-state index contributed by atoms with van der Waals surface area (Å²) < 4.78 is 0.847. The predicted molar refractivity (Wildman–Crippen MR) is 52.2 cm³/mol. The number of anilines is 1. The second-order valence-electron chi connectivity index (χ2n) is 1.81. The van der Waals surface area contributed by atoms with Gasteiger partial charge in [0.2, 0.25) is 0 Å². The van der Waals surface area contributed by atoms with Crippen LogP contribution < -0.4 is 5.73 Å². The number of rotatable bonds is 0. The molecule has 0 aliphatic carbocycles. The first-order valence-corrected chi connectivity index (χ1v) is 3.93. The Morgan fingerprint density at radius 1 is 1.73 bits per heavy atom. The zero-order valence-corrected chi connectivity index (χ0v) is 8.01. The first kappa shape index (κ1) is 10.2. The molecule has 1 aromatic heterocycles. The maximum Gasteiger partial charge on any atom is 0.0588 e. The maximum atomic E-state index is 5.43. The molecular formula is C8H11BrN2. The number of hydrogen-bond acceptors (Lipinski definition) is 2. The van der Waals surface area contributed by atoms with E-state index in [9.17, 15) is 0 Å². The minimum Gasteiger partial charge on any atom is -0.398 e. The van der Waals surface area contributed by atoms with Crippen molar-refractivity contribution in [2.24, 2.45) is 0 Å². The SMILES string of the molecule is C=CC.Nc1ccncc1Br. The van der Waals surface area contributed by atoms with E-state index in [0.29, 0.717) is 0 Å². The molecule has 0 radical (unpaired) electrons. The van der Waals surface area contributed by atoms with Crippen LogP contribution in [0, 0.1) is 0 Å². The number of allylic oxidation sites excluding steroid dienone is 1. The van der Waals surface area contributed by atoms with E-state index in [0.717, 1.165) is 10.2 Å². The number of pyridine rings is 1. The van der Waals surface area contributed by atoms with Gasteiger partial charge in [-0.2, -0.15) is 0 Å². The van der Waals surface area contributed by atoms with Gasteiger partial charge in [-0.25, -0.2) is 0 Å². The molecule has 0 saturated carbocycles. The van der Waals surface area contributed by atoms with Crippen LogP contribution in [0.15, 0.2) is 35.6 Å². The lowest BCUT2D eigenvalue weighted by Crippen LogP contribution is -1.84. The second kappa shape index (κ2) is 5.92. The van der Waals surface area contributed by atoms with Gasteiger partial charge in [0.15, 0.2) is 0 Å². The summed E-state index contributed by atoms with van der Waals surface area (Å²) in [6.07, 6.45) is 5.06. The van der Waals surface area contributed by atoms with E-state index in [1.807, 2.05) is 6.92 Å². The van der Waals surface area contributed by atoms with E-state index >= 15 is 0 Å². The van der Waals surface area contributed by atoms with Crippen molar-refractivity contribution in [2.45, 2.75) is 6.92 Å². The quantitative estimate of drug-likeness (QED) is 0.675. The van der Waals surface area contributed by atoms with Crippen molar-refractivity contribution in [1.82, 2.24) is 4.98 Å². The third kappa shape index (κ3) is 4.56. The van der Waals surface area contributed by atoms with Gasteiger partial charge in [-0.3, -0.25) is 4.98 Å². The molecule has 0 aliphatic rings. The Morgan fingerprint density at radius 3 is 2.55 bits per heavy atom. The number of nitrogens with zero attached hydrogens (tertiary/aromatic N) is 1. The highest BCUT2D eigenvalue weighted by atomic mass is 79.9. The molecule has 1 rings (SSSR count). The molecule has 0 atom stereocenters. The summed E-state index contributed by atoms with van der Waals surface area (Å²) in [5.41, 5.74) is 6.16. The third-order valence-electron chi connectivity index (χ3n) is 0.804. The van der Waals surface area contributed by atoms with Gasteiger partial charge in [0.25, 0.3) is 0 Å². The zero-order valence-electron chi connectivity index (χ0n) is 6.42. The number of hydrogen-bond donors (Lipinski definition) is 1. The van der Waals surface area contributed by atoms with Crippen molar-refractivity contribution in [1.29, 1.82) is 0 Å². The van der Waals surface area contributed by atoms with Crippen LogP contribution in [0.5, 0.6) is 0 Å². The molecule has 0 unspecified atom stereocenters. The number of halogens is 1. The van der Waals surface area contributed by atoms with E-state index in [1.165, 1.54) is 0 Å². The minimum absolute atomic E-state index is 0.722. The molecule has 1 aromatic rings. The lowest BCUT2D eigenvalue weighted by Gasteiger charge is -1.91. The maximum absolute atomic E-state index is 5.43. The summed E-state index contributed by atoms with van der Waals surface area (Å²) in [6, 6.07) is 1.74. The summed E-state index contributed by atoms with van der Waals surface area (Å²) >= 11 is 3.21. The molecule has 0 fully saturated rings. The van der Waals surface area contributed by atoms with Crippen LogP contribution in [0.2, 0.25) is 0 Å². The number of aromatic nitrogens is 1. The Labute approximate surface area is 75.3 Å². The van der Waals surface area contributed by atoms with Crippen LogP contribution in [-0.2, 0) is 0 Å². The van der Waals surface area contributed by atoms with Gasteiger partial charge in [-0.05, 0) is 28.9 Å². The molecule has 1 heterocycles. The van der Waals surface area contributed by atoms with Crippen molar-refractivity contribution in [3.63, 3.8) is 0 Å². The standard InChI is InChI=1S/C5H5BrN2.C3H6/c6-4-3-8-2-1-5(4)7;1-3-2/h1-3H,(H2,7,8);3H,1H2,2H3. The Kier molecular flexibility index (Phi) is 5.47. The largest absolute Gasteiger partial charge is 0.398 e. The molecule has 11 heavy (non-hydrogen) atoms. The van der Waals surface area contributed by atoms with Gasteiger partial charge in [0.1, 0.15) is 0 Å². The summed E-state index contributed by atoms with van der Waals surface area (Å²) in [7, 11) is 0. The van der Waals surface area contributed by atoms with E-state index in [-0.39, 0.29) is 0 Å². The van der Waals surface area contributed by atoms with Crippen molar-refractivity contribution >= 4 is 21.6 Å². The highest BCUT2D eigenvalue weighted by molar-refractivity contribution is 9.10. The van der Waals surface area contributed by atoms with E-state index in [4.69, 9.17) is 5.73 Å². The highest BCUT2D eigenvalue weighted by Gasteiger charge is 1.87. The molecule has 0 amide bonds. The Morgan fingerprint density at radius 2 is 2.27 bits per heavy atom. The molecule has 60 valence electrons. The van der Waals surface area contributed by atoms with Crippen LogP contribution in [0.4, 0.5) is 5.69 Å². The molecule has 2 N–H and O–H groups in total. The highest BCUT2D eigenvalue weighted by Crippen LogP contribution is 2.14. The van der Waals surface area contributed by atoms with Crippen molar-refractivity contribution in [2.75, 3.05) is 5.73 Å². The first-order chi connectivity index (χ1) is 5.22. The fourth-order valence-corrected chi connectivity index (χ4v) is 0.636. The number of nitrogen functional groups attached to an aromatic ring is 1. The first-order valence-electron chi connectivity index (χ1n) is 3.14. The van der Waals surface area contributed by atoms with Crippen molar-refractivity contribution in [3.05, 3.63) is 35.6 Å². The zero-order chi connectivity index (χ0) is 8.69. The van der Waals surface area contributed by atoms with Crippen LogP contribution in [0.1, 0.15) is 6.92 Å². The smallest absolute Gasteiger partial charge is 0.0588 e. The molecule has 2 nitrogen and oxygen atoms in total. The van der Waals surface area contributed by atoms with Gasteiger partial charge in [0.05, 0.1) is 4.47 Å². The van der Waals surface area contributed by atoms with Gasteiger partial charge in [-0.1, -0.05) is 6.08 Å². The van der Waals surface area contributed by atoms with Gasteiger partial charge in [-0.15, -0.1) is 6.58 Å². The third-order valence-corrected chi connectivity index (χ3v) is 1.47. The minimum atomic E-state index is 0.722. The molecule has 0 aliphatic heterocycles. The Hall–Kier alpha value is -0.830. The fourth-order valence-electron chi connectivity index (χ4n) is 0.386. The molecule has 0 saturated heterocycles. The van der Waals surface area contributed by atoms with Crippen LogP contribution in [0.3, 0.4) is 0 Å². The Balaban J connectivity index is 0.000000292. The van der Waals surface area contributed by atoms with E-state index in [1.54, 1.807) is 24.5 Å². The topological polar surface area (TPSA) is 38.9 Å². The normalized spacial score (nSPS) is 7.82. The van der Waals surface area contributed by atoms with Crippen LogP contribution in [0.25, 0.3) is 0 Å². The van der Waals surface area contributed by atoms with Crippen molar-refractivity contribution < 1.29 is 0 Å². The second-order valence-corrected chi connectivity index (χ2v) is 2.66. The van der Waals surface area contributed by atoms with E-state index < -0.39 is 0 Å². The van der Waals surface area contributed by atoms with Crippen LogP contribution >= 0.6 is 15.9 Å². The lowest BCUT2D eigenvalue weighted by atomic mass is 10.4. The van der Waals surface area contributed by atoms with Gasteiger partial charge in [0, 0.05) is 18.1 Å². The molecule has 0 aromatic carbocycles. The summed E-state index contributed by atoms with van der Waals surface area (Å²) in [5, 5.41) is 0. The molecule has 3 heteroatoms. The predicted octanol–water partition coefficient (Wildman–Crippen LogP) is 2.62. The monoisotopic (exact) mass is 214 g/mol. The van der Waals surface area contributed by atoms with Gasteiger partial charge >= 0.3 is 0 Å². The fraction of sp³-hybridized carbons (Fsp3) is 0.125. The van der Waals surface area contributed by atoms with Crippen molar-refractivity contribution in [3.8, 4) is 0 Å². The van der Waals surface area contributed by atoms with E-state index in [2.05, 4.69) is 27.5 Å². The summed E-state index contributed by atoms with van der Waals surface area (Å²) in [6.45, 7) is 5.25. The summed E-state index contributed by atoms with van der Waals surface area (Å²) in [5.74, 6) is 0. The average Bonchev–Trinajstić information content (AvgIpc) is 1.97. The summed E-state index contributed by atoms with van der Waals surface area (Å²) in [4.78, 5) is 3.82. The molecule has 0 spiro atoms. The van der Waals surface area contributed by atoms with Crippen LogP contribution in [-0.4, -0.2) is 4.98 Å². The molecular weight excluding hydrogens is 204 g/mol. The lowest BCUT2D eigenvalue weighted by molar-refractivity contribution is 1.31. The number of nitrogens with two attached hydrogens (primary N) is 1. The molecule has 0 bridgehead atoms.